The van der Waals surface area contributed by atoms with E-state index in [1.165, 1.54) is 13.0 Å². The van der Waals surface area contributed by atoms with Crippen molar-refractivity contribution in [2.75, 3.05) is 10.6 Å². The van der Waals surface area contributed by atoms with Crippen LogP contribution in [0.25, 0.3) is 0 Å². The molecule has 0 bridgehead atoms. The van der Waals surface area contributed by atoms with Gasteiger partial charge in [-0.3, -0.25) is 19.7 Å². The average molecular weight is 583 g/mol. The van der Waals surface area contributed by atoms with Gasteiger partial charge in [-0.15, -0.1) is 0 Å². The summed E-state index contributed by atoms with van der Waals surface area (Å²) in [4.78, 5) is 37.3. The molecule has 0 radical (unpaired) electrons. The Hall–Kier alpha value is -3.26. The van der Waals surface area contributed by atoms with Gasteiger partial charge in [0, 0.05) is 39.3 Å². The van der Waals surface area contributed by atoms with Crippen molar-refractivity contribution >= 4 is 52.7 Å². The number of anilines is 2. The number of benzene rings is 3. The average Bonchev–Trinajstić information content (AvgIpc) is 3.25. The number of hydrogen-bond donors (Lipinski definition) is 3. The highest BCUT2D eigenvalue weighted by Crippen LogP contribution is 2.56. The lowest BCUT2D eigenvalue weighted by molar-refractivity contribution is -0.118. The highest BCUT2D eigenvalue weighted by atomic mass is 35.5. The minimum absolute atomic E-state index is 0.0258. The molecule has 3 aromatic carbocycles. The van der Waals surface area contributed by atoms with Crippen molar-refractivity contribution in [3.8, 4) is 0 Å². The van der Waals surface area contributed by atoms with Crippen LogP contribution in [-0.2, 0) is 9.59 Å². The molecule has 3 atom stereocenters. The Morgan fingerprint density at radius 2 is 1.73 bits per heavy atom. The molecule has 40 heavy (non-hydrogen) atoms. The molecule has 2 fully saturated rings. The molecule has 9 heteroatoms. The molecular formula is C31H30Cl2FN3O3. The van der Waals surface area contributed by atoms with Gasteiger partial charge < -0.3 is 10.6 Å². The van der Waals surface area contributed by atoms with E-state index in [-0.39, 0.29) is 22.6 Å². The molecule has 2 aliphatic rings. The van der Waals surface area contributed by atoms with E-state index in [4.69, 9.17) is 23.2 Å². The molecule has 0 aromatic heterocycles. The predicted molar refractivity (Wildman–Crippen MR) is 156 cm³/mol. The zero-order chi connectivity index (χ0) is 28.4. The number of carbonyl (C=O) groups excluding carboxylic acids is 3. The van der Waals surface area contributed by atoms with E-state index in [9.17, 15) is 14.4 Å². The summed E-state index contributed by atoms with van der Waals surface area (Å²) in [5.41, 5.74) is 2.15. The lowest BCUT2D eigenvalue weighted by atomic mass is 9.66. The zero-order valence-corrected chi connectivity index (χ0v) is 23.5. The van der Waals surface area contributed by atoms with E-state index in [1.807, 2.05) is 6.07 Å². The monoisotopic (exact) mass is 581 g/mol. The molecule has 2 amide bonds. The van der Waals surface area contributed by atoms with Crippen molar-refractivity contribution in [2.45, 2.75) is 62.4 Å². The van der Waals surface area contributed by atoms with Crippen LogP contribution >= 0.6 is 23.2 Å². The lowest BCUT2D eigenvalue weighted by Gasteiger charge is -2.41. The number of carbonyl (C=O) groups is 3. The Bertz CT molecular complexity index is 1440. The Kier molecular flexibility index (Phi) is 8.26. The normalized spacial score (nSPS) is 21.6. The molecule has 1 spiro atoms. The molecule has 1 aliphatic carbocycles. The third-order valence-electron chi connectivity index (χ3n) is 8.25. The lowest BCUT2D eigenvalue weighted by Crippen LogP contribution is -2.50. The van der Waals surface area contributed by atoms with Crippen LogP contribution in [0.5, 0.6) is 0 Å². The Balaban J connectivity index is 1.65. The van der Waals surface area contributed by atoms with Crippen molar-refractivity contribution in [3.63, 3.8) is 0 Å². The molecule has 3 aromatic rings. The number of amides is 2. The second kappa shape index (κ2) is 11.7. The van der Waals surface area contributed by atoms with E-state index >= 15 is 4.39 Å². The van der Waals surface area contributed by atoms with Crippen molar-refractivity contribution in [3.05, 3.63) is 93.2 Å². The van der Waals surface area contributed by atoms with Gasteiger partial charge in [-0.25, -0.2) is 4.39 Å². The second-order valence-corrected chi connectivity index (χ2v) is 11.4. The van der Waals surface area contributed by atoms with E-state index in [2.05, 4.69) is 16.0 Å². The van der Waals surface area contributed by atoms with Gasteiger partial charge in [0.25, 0.3) is 0 Å². The molecular weight excluding hydrogens is 552 g/mol. The summed E-state index contributed by atoms with van der Waals surface area (Å²) in [5, 5.41) is 9.82. The first-order valence-electron chi connectivity index (χ1n) is 13.4. The number of rotatable bonds is 7. The summed E-state index contributed by atoms with van der Waals surface area (Å²) in [6.45, 7) is 1.48. The molecule has 208 valence electrons. The first kappa shape index (κ1) is 28.3. The second-order valence-electron chi connectivity index (χ2n) is 10.6. The molecule has 6 nitrogen and oxygen atoms in total. The quantitative estimate of drug-likeness (QED) is 0.205. The van der Waals surface area contributed by atoms with Crippen LogP contribution in [0.3, 0.4) is 0 Å². The number of hydrogen-bond acceptors (Lipinski definition) is 4. The van der Waals surface area contributed by atoms with Crippen LogP contribution in [0, 0.1) is 5.82 Å². The SMILES string of the molecule is CC(=O)c1ccc(NC(=O)[C@@H]2NC3(CCCCC3)C(c3ccc(Cl)cc3NC=O)[C@H]2c2cccc(Cl)c2F)cc1. The molecule has 1 unspecified atom stereocenters. The summed E-state index contributed by atoms with van der Waals surface area (Å²) >= 11 is 12.6. The van der Waals surface area contributed by atoms with Gasteiger partial charge in [0.1, 0.15) is 5.82 Å². The summed E-state index contributed by atoms with van der Waals surface area (Å²) in [7, 11) is 0. The first-order valence-corrected chi connectivity index (χ1v) is 14.1. The van der Waals surface area contributed by atoms with E-state index in [0.717, 1.165) is 37.7 Å². The number of Topliss-reactive ketones (excluding diaryl/α,β-unsaturated/α-hetero) is 1. The molecule has 1 aliphatic heterocycles. The Labute approximate surface area is 242 Å². The van der Waals surface area contributed by atoms with Gasteiger partial charge in [-0.1, -0.05) is 60.7 Å². The van der Waals surface area contributed by atoms with Crippen LogP contribution in [0.15, 0.2) is 60.7 Å². The largest absolute Gasteiger partial charge is 0.328 e. The van der Waals surface area contributed by atoms with Crippen LogP contribution in [0.4, 0.5) is 15.8 Å². The maximum Gasteiger partial charge on any atom is 0.242 e. The van der Waals surface area contributed by atoms with E-state index < -0.39 is 23.3 Å². The predicted octanol–water partition coefficient (Wildman–Crippen LogP) is 7.08. The van der Waals surface area contributed by atoms with Gasteiger partial charge >= 0.3 is 0 Å². The van der Waals surface area contributed by atoms with Crippen LogP contribution in [0.2, 0.25) is 10.0 Å². The summed E-state index contributed by atoms with van der Waals surface area (Å²) in [5.74, 6) is -2.00. The fraction of sp³-hybridized carbons (Fsp3) is 0.323. The van der Waals surface area contributed by atoms with Crippen LogP contribution < -0.4 is 16.0 Å². The first-order chi connectivity index (χ1) is 19.2. The summed E-state index contributed by atoms with van der Waals surface area (Å²) < 4.78 is 15.8. The fourth-order valence-corrected chi connectivity index (χ4v) is 6.87. The van der Waals surface area contributed by atoms with Gasteiger partial charge in [0.15, 0.2) is 5.78 Å². The highest BCUT2D eigenvalue weighted by Gasteiger charge is 2.57. The number of nitrogens with one attached hydrogen (secondary N) is 3. The zero-order valence-electron chi connectivity index (χ0n) is 22.0. The number of halogens is 3. The standard InChI is InChI=1S/C31H30Cl2FN3O3/c1-18(39)19-8-11-21(12-9-19)36-30(40)29-26(23-6-5-7-24(33)28(23)34)27(31(37-29)14-3-2-4-15-31)22-13-10-20(32)16-25(22)35-17-38/h5-13,16-17,26-27,29,37H,2-4,14-15H2,1H3,(H,35,38)(H,36,40)/t26-,27?,29-/m1/s1. The van der Waals surface area contributed by atoms with Crippen molar-refractivity contribution < 1.29 is 18.8 Å². The van der Waals surface area contributed by atoms with E-state index in [1.54, 1.807) is 48.5 Å². The van der Waals surface area contributed by atoms with Crippen molar-refractivity contribution in [1.82, 2.24) is 5.32 Å². The summed E-state index contributed by atoms with van der Waals surface area (Å²) in [6, 6.07) is 16.0. The maximum atomic E-state index is 15.8. The minimum Gasteiger partial charge on any atom is -0.328 e. The highest BCUT2D eigenvalue weighted by molar-refractivity contribution is 6.31. The molecule has 5 rings (SSSR count). The third-order valence-corrected chi connectivity index (χ3v) is 8.78. The van der Waals surface area contributed by atoms with E-state index in [0.29, 0.717) is 33.9 Å². The van der Waals surface area contributed by atoms with Gasteiger partial charge in [-0.05, 0) is 73.4 Å². The molecule has 1 saturated carbocycles. The van der Waals surface area contributed by atoms with Gasteiger partial charge in [0.2, 0.25) is 12.3 Å². The van der Waals surface area contributed by atoms with Gasteiger partial charge in [-0.2, -0.15) is 0 Å². The Morgan fingerprint density at radius 3 is 2.40 bits per heavy atom. The third kappa shape index (κ3) is 5.38. The van der Waals surface area contributed by atoms with Gasteiger partial charge in [0.05, 0.1) is 11.1 Å². The van der Waals surface area contributed by atoms with Crippen molar-refractivity contribution in [2.24, 2.45) is 0 Å². The minimum atomic E-state index is -0.816. The van der Waals surface area contributed by atoms with Crippen molar-refractivity contribution in [1.29, 1.82) is 0 Å². The molecule has 1 saturated heterocycles. The smallest absolute Gasteiger partial charge is 0.242 e. The Morgan fingerprint density at radius 1 is 1.00 bits per heavy atom. The van der Waals surface area contributed by atoms with Crippen LogP contribution in [-0.4, -0.2) is 29.7 Å². The van der Waals surface area contributed by atoms with Crippen LogP contribution in [0.1, 0.15) is 72.3 Å². The fourth-order valence-electron chi connectivity index (χ4n) is 6.52. The molecule has 1 heterocycles. The maximum absolute atomic E-state index is 15.8. The summed E-state index contributed by atoms with van der Waals surface area (Å²) in [6.07, 6.45) is 5.09. The topological polar surface area (TPSA) is 87.3 Å². The number of ketones is 1. The molecule has 3 N–H and O–H groups in total.